The summed E-state index contributed by atoms with van der Waals surface area (Å²) in [6.45, 7) is 3.34. The molecule has 0 unspecified atom stereocenters. The molecule has 20 heavy (non-hydrogen) atoms. The van der Waals surface area contributed by atoms with E-state index in [1.54, 1.807) is 16.2 Å². The van der Waals surface area contributed by atoms with Gasteiger partial charge in [0.15, 0.2) is 0 Å². The zero-order valence-corrected chi connectivity index (χ0v) is 11.9. The highest BCUT2D eigenvalue weighted by atomic mass is 32.1. The quantitative estimate of drug-likeness (QED) is 0.859. The van der Waals surface area contributed by atoms with Gasteiger partial charge >= 0.3 is 5.69 Å². The molecule has 0 radical (unpaired) electrons. The Balaban J connectivity index is 1.75. The second kappa shape index (κ2) is 5.20. The fourth-order valence-corrected chi connectivity index (χ4v) is 3.35. The minimum Gasteiger partial charge on any atom is -0.335 e. The first-order valence-electron chi connectivity index (χ1n) is 6.50. The van der Waals surface area contributed by atoms with Crippen molar-refractivity contribution in [1.29, 1.82) is 0 Å². The van der Waals surface area contributed by atoms with E-state index in [0.717, 1.165) is 17.8 Å². The zero-order valence-electron chi connectivity index (χ0n) is 11.0. The predicted molar refractivity (Wildman–Crippen MR) is 73.9 cm³/mol. The largest absolute Gasteiger partial charge is 0.341 e. The van der Waals surface area contributed by atoms with Crippen LogP contribution in [0.25, 0.3) is 0 Å². The van der Waals surface area contributed by atoms with Gasteiger partial charge in [0.1, 0.15) is 0 Å². The molecular formula is C12H15N5O2S. The van der Waals surface area contributed by atoms with Gasteiger partial charge in [-0.2, -0.15) is 0 Å². The van der Waals surface area contributed by atoms with Crippen LogP contribution in [0.4, 0.5) is 0 Å². The van der Waals surface area contributed by atoms with E-state index in [-0.39, 0.29) is 17.6 Å². The summed E-state index contributed by atoms with van der Waals surface area (Å²) < 4.78 is 0. The molecule has 0 aliphatic carbocycles. The molecule has 1 amide bonds. The number of carbonyl (C=O) groups excluding carboxylic acids is 1. The SMILES string of the molecule is Cc1cnc([C@H]2CCCN(C(=O)c3n[nH]c(=O)[nH]3)C2)s1. The van der Waals surface area contributed by atoms with Crippen LogP contribution >= 0.6 is 11.3 Å². The first-order chi connectivity index (χ1) is 9.63. The van der Waals surface area contributed by atoms with Crippen molar-refractivity contribution < 1.29 is 4.79 Å². The van der Waals surface area contributed by atoms with Gasteiger partial charge in [-0.1, -0.05) is 0 Å². The normalized spacial score (nSPS) is 19.2. The van der Waals surface area contributed by atoms with Crippen molar-refractivity contribution in [1.82, 2.24) is 25.1 Å². The van der Waals surface area contributed by atoms with Crippen molar-refractivity contribution in [3.63, 3.8) is 0 Å². The van der Waals surface area contributed by atoms with Crippen LogP contribution < -0.4 is 5.69 Å². The summed E-state index contributed by atoms with van der Waals surface area (Å²) in [7, 11) is 0. The molecule has 1 saturated heterocycles. The number of thiazole rings is 1. The smallest absolute Gasteiger partial charge is 0.335 e. The molecule has 2 aromatic rings. The summed E-state index contributed by atoms with van der Waals surface area (Å²) in [4.78, 5) is 33.0. The molecule has 0 aromatic carbocycles. The van der Waals surface area contributed by atoms with Crippen LogP contribution in [0, 0.1) is 6.92 Å². The summed E-state index contributed by atoms with van der Waals surface area (Å²) in [5.74, 6) is 0.115. The van der Waals surface area contributed by atoms with E-state index in [4.69, 9.17) is 0 Å². The van der Waals surface area contributed by atoms with Crippen molar-refractivity contribution >= 4 is 17.2 Å². The van der Waals surface area contributed by atoms with Crippen molar-refractivity contribution in [2.24, 2.45) is 0 Å². The number of aryl methyl sites for hydroxylation is 1. The van der Waals surface area contributed by atoms with Gasteiger partial charge in [0.05, 0.1) is 5.01 Å². The summed E-state index contributed by atoms with van der Waals surface area (Å²) in [6.07, 6.45) is 3.84. The van der Waals surface area contributed by atoms with E-state index in [9.17, 15) is 9.59 Å². The molecule has 0 spiro atoms. The lowest BCUT2D eigenvalue weighted by Crippen LogP contribution is -2.39. The number of likely N-dealkylation sites (tertiary alicyclic amines) is 1. The average molecular weight is 293 g/mol. The Labute approximate surface area is 119 Å². The number of hydrogen-bond acceptors (Lipinski definition) is 5. The average Bonchev–Trinajstić information content (AvgIpc) is 3.07. The maximum absolute atomic E-state index is 12.3. The monoisotopic (exact) mass is 293 g/mol. The molecule has 7 nitrogen and oxygen atoms in total. The molecule has 0 saturated carbocycles. The Kier molecular flexibility index (Phi) is 3.39. The van der Waals surface area contributed by atoms with Crippen LogP contribution in [0.3, 0.4) is 0 Å². The maximum Gasteiger partial charge on any atom is 0.341 e. The highest BCUT2D eigenvalue weighted by Gasteiger charge is 2.28. The third-order valence-corrected chi connectivity index (χ3v) is 4.48. The molecule has 1 fully saturated rings. The first kappa shape index (κ1) is 13.0. The highest BCUT2D eigenvalue weighted by Crippen LogP contribution is 2.30. The number of carbonyl (C=O) groups is 1. The van der Waals surface area contributed by atoms with Gasteiger partial charge in [-0.05, 0) is 19.8 Å². The Morgan fingerprint density at radius 1 is 1.55 bits per heavy atom. The molecule has 1 aliphatic heterocycles. The molecule has 106 valence electrons. The van der Waals surface area contributed by atoms with Gasteiger partial charge in [0.2, 0.25) is 5.82 Å². The lowest BCUT2D eigenvalue weighted by atomic mass is 9.98. The van der Waals surface area contributed by atoms with E-state index in [1.807, 2.05) is 13.1 Å². The van der Waals surface area contributed by atoms with Crippen LogP contribution in [0.2, 0.25) is 0 Å². The molecule has 2 aromatic heterocycles. The Bertz CT molecular complexity index is 673. The van der Waals surface area contributed by atoms with Crippen LogP contribution in [-0.2, 0) is 0 Å². The summed E-state index contributed by atoms with van der Waals surface area (Å²) in [5.41, 5.74) is -0.461. The van der Waals surface area contributed by atoms with Crippen molar-refractivity contribution in [3.8, 4) is 0 Å². The second-order valence-electron chi connectivity index (χ2n) is 4.93. The topological polar surface area (TPSA) is 94.7 Å². The zero-order chi connectivity index (χ0) is 14.1. The van der Waals surface area contributed by atoms with E-state index < -0.39 is 5.69 Å². The van der Waals surface area contributed by atoms with E-state index >= 15 is 0 Å². The molecule has 0 bridgehead atoms. The first-order valence-corrected chi connectivity index (χ1v) is 7.31. The third kappa shape index (κ3) is 2.51. The number of H-pyrrole nitrogens is 2. The molecule has 1 atom stereocenters. The minimum atomic E-state index is -0.461. The lowest BCUT2D eigenvalue weighted by Gasteiger charge is -2.31. The van der Waals surface area contributed by atoms with E-state index in [1.165, 1.54) is 4.88 Å². The number of rotatable bonds is 2. The van der Waals surface area contributed by atoms with E-state index in [2.05, 4.69) is 20.2 Å². The summed E-state index contributed by atoms with van der Waals surface area (Å²) in [6, 6.07) is 0. The Hall–Kier alpha value is -1.96. The molecular weight excluding hydrogens is 278 g/mol. The lowest BCUT2D eigenvalue weighted by molar-refractivity contribution is 0.0695. The van der Waals surface area contributed by atoms with E-state index in [0.29, 0.717) is 13.1 Å². The van der Waals surface area contributed by atoms with Crippen molar-refractivity contribution in [3.05, 3.63) is 32.4 Å². The standard InChI is InChI=1S/C12H15N5O2S/c1-7-5-13-10(20-7)8-3-2-4-17(6-8)11(18)9-14-12(19)16-15-9/h5,8H,2-4,6H2,1H3,(H2,14,15,16,19)/t8-/m0/s1. The molecule has 3 rings (SSSR count). The molecule has 2 N–H and O–H groups in total. The number of nitrogens with zero attached hydrogens (tertiary/aromatic N) is 3. The number of aromatic amines is 2. The Morgan fingerprint density at radius 3 is 3.05 bits per heavy atom. The third-order valence-electron chi connectivity index (χ3n) is 3.40. The van der Waals surface area contributed by atoms with Gasteiger partial charge in [-0.15, -0.1) is 16.4 Å². The fourth-order valence-electron chi connectivity index (χ4n) is 2.45. The van der Waals surface area contributed by atoms with Crippen molar-refractivity contribution in [2.75, 3.05) is 13.1 Å². The summed E-state index contributed by atoms with van der Waals surface area (Å²) >= 11 is 1.68. The number of nitrogens with one attached hydrogen (secondary N) is 2. The van der Waals surface area contributed by atoms with Gasteiger partial charge < -0.3 is 4.90 Å². The molecule has 1 aliphatic rings. The van der Waals surface area contributed by atoms with Crippen LogP contribution in [0.5, 0.6) is 0 Å². The van der Waals surface area contributed by atoms with Crippen LogP contribution in [0.1, 0.15) is 39.3 Å². The second-order valence-corrected chi connectivity index (χ2v) is 6.19. The number of hydrogen-bond donors (Lipinski definition) is 2. The van der Waals surface area contributed by atoms with Gasteiger partial charge in [0, 0.05) is 30.1 Å². The Morgan fingerprint density at radius 2 is 2.40 bits per heavy atom. The fraction of sp³-hybridized carbons (Fsp3) is 0.500. The van der Waals surface area contributed by atoms with Gasteiger partial charge in [-0.3, -0.25) is 9.78 Å². The molecule has 8 heteroatoms. The van der Waals surface area contributed by atoms with Crippen LogP contribution in [-0.4, -0.2) is 44.1 Å². The number of amides is 1. The van der Waals surface area contributed by atoms with Gasteiger partial charge in [0.25, 0.3) is 5.91 Å². The predicted octanol–water partition coefficient (Wildman–Crippen LogP) is 0.883. The van der Waals surface area contributed by atoms with Crippen molar-refractivity contribution in [2.45, 2.75) is 25.7 Å². The molecule has 3 heterocycles. The van der Waals surface area contributed by atoms with Gasteiger partial charge in [-0.25, -0.2) is 14.9 Å². The summed E-state index contributed by atoms with van der Waals surface area (Å²) in [5, 5.41) is 6.99. The highest BCUT2D eigenvalue weighted by molar-refractivity contribution is 7.11. The minimum absolute atomic E-state index is 0.0750. The number of piperidine rings is 1. The number of aromatic nitrogens is 4. The van der Waals surface area contributed by atoms with Crippen LogP contribution in [0.15, 0.2) is 11.0 Å². The maximum atomic E-state index is 12.3.